The van der Waals surface area contributed by atoms with Gasteiger partial charge in [0.25, 0.3) is 0 Å². The molecule has 2 rings (SSSR count). The van der Waals surface area contributed by atoms with Crippen LogP contribution in [0.5, 0.6) is 0 Å². The third-order valence-electron chi connectivity index (χ3n) is 2.38. The first-order valence-electron chi connectivity index (χ1n) is 5.22. The predicted molar refractivity (Wildman–Crippen MR) is 61.7 cm³/mol. The molecule has 2 aromatic rings. The summed E-state index contributed by atoms with van der Waals surface area (Å²) in [6.45, 7) is 3.41. The van der Waals surface area contributed by atoms with Gasteiger partial charge < -0.3 is 15.6 Å². The van der Waals surface area contributed by atoms with Crippen molar-refractivity contribution in [1.29, 1.82) is 0 Å². The van der Waals surface area contributed by atoms with Gasteiger partial charge in [-0.25, -0.2) is 4.98 Å². The van der Waals surface area contributed by atoms with Crippen molar-refractivity contribution >= 4 is 11.0 Å². The Morgan fingerprint density at radius 1 is 1.27 bits per heavy atom. The molecule has 0 atom stereocenters. The maximum absolute atomic E-state index is 5.40. The molecule has 4 nitrogen and oxygen atoms in total. The summed E-state index contributed by atoms with van der Waals surface area (Å²) < 4.78 is 2.15. The maximum Gasteiger partial charge on any atom is 0.0958 e. The first-order chi connectivity index (χ1) is 7.42. The normalized spacial score (nSPS) is 11.0. The van der Waals surface area contributed by atoms with E-state index < -0.39 is 0 Å². The van der Waals surface area contributed by atoms with Crippen LogP contribution in [-0.4, -0.2) is 29.2 Å². The van der Waals surface area contributed by atoms with Gasteiger partial charge in [0.2, 0.25) is 0 Å². The average molecular weight is 204 g/mol. The molecule has 1 heterocycles. The fourth-order valence-corrected chi connectivity index (χ4v) is 1.62. The van der Waals surface area contributed by atoms with E-state index in [1.54, 1.807) is 0 Å². The maximum atomic E-state index is 5.40. The topological polar surface area (TPSA) is 55.9 Å². The lowest BCUT2D eigenvalue weighted by Crippen LogP contribution is -2.25. The lowest BCUT2D eigenvalue weighted by Gasteiger charge is -2.05. The largest absolute Gasteiger partial charge is 0.329 e. The van der Waals surface area contributed by atoms with E-state index in [0.29, 0.717) is 6.54 Å². The molecule has 0 fully saturated rings. The molecular weight excluding hydrogens is 188 g/mol. The Bertz CT molecular complexity index is 421. The number of hydrogen-bond donors (Lipinski definition) is 2. The first kappa shape index (κ1) is 10.1. The molecule has 15 heavy (non-hydrogen) atoms. The minimum absolute atomic E-state index is 0.685. The van der Waals surface area contributed by atoms with Crippen molar-refractivity contribution in [2.24, 2.45) is 5.73 Å². The van der Waals surface area contributed by atoms with Crippen molar-refractivity contribution in [3.05, 3.63) is 30.6 Å². The van der Waals surface area contributed by atoms with Crippen LogP contribution in [0.15, 0.2) is 30.6 Å². The number of nitrogens with zero attached hydrogens (tertiary/aromatic N) is 2. The van der Waals surface area contributed by atoms with Crippen LogP contribution in [0, 0.1) is 0 Å². The van der Waals surface area contributed by atoms with Gasteiger partial charge in [0.1, 0.15) is 0 Å². The molecule has 0 saturated carbocycles. The molecule has 80 valence electrons. The fourth-order valence-electron chi connectivity index (χ4n) is 1.62. The summed E-state index contributed by atoms with van der Waals surface area (Å²) >= 11 is 0. The highest BCUT2D eigenvalue weighted by Crippen LogP contribution is 2.10. The number of fused-ring (bicyclic) bond motifs is 1. The molecule has 3 N–H and O–H groups in total. The van der Waals surface area contributed by atoms with E-state index in [9.17, 15) is 0 Å². The van der Waals surface area contributed by atoms with Gasteiger partial charge in [-0.2, -0.15) is 0 Å². The molecule has 0 spiro atoms. The highest BCUT2D eigenvalue weighted by atomic mass is 15.1. The molecule has 0 amide bonds. The smallest absolute Gasteiger partial charge is 0.0958 e. The van der Waals surface area contributed by atoms with Crippen LogP contribution in [0.4, 0.5) is 0 Å². The summed E-state index contributed by atoms with van der Waals surface area (Å²) in [6.07, 6.45) is 1.88. The summed E-state index contributed by atoms with van der Waals surface area (Å²) in [5.74, 6) is 0. The van der Waals surface area contributed by atoms with Crippen LogP contribution >= 0.6 is 0 Å². The summed E-state index contributed by atoms with van der Waals surface area (Å²) in [6, 6.07) is 8.16. The predicted octanol–water partition coefficient (Wildman–Crippen LogP) is 0.585. The minimum Gasteiger partial charge on any atom is -0.329 e. The Morgan fingerprint density at radius 2 is 2.13 bits per heavy atom. The van der Waals surface area contributed by atoms with Crippen LogP contribution < -0.4 is 11.1 Å². The second kappa shape index (κ2) is 4.91. The Kier molecular flexibility index (Phi) is 3.32. The van der Waals surface area contributed by atoms with Crippen molar-refractivity contribution in [2.75, 3.05) is 19.6 Å². The molecule has 1 aromatic carbocycles. The highest BCUT2D eigenvalue weighted by molar-refractivity contribution is 5.74. The number of hydrogen-bond acceptors (Lipinski definition) is 3. The first-order valence-corrected chi connectivity index (χ1v) is 5.22. The molecule has 0 unspecified atom stereocenters. The Labute approximate surface area is 89.1 Å². The van der Waals surface area contributed by atoms with Crippen LogP contribution in [0.3, 0.4) is 0 Å². The van der Waals surface area contributed by atoms with Gasteiger partial charge in [0, 0.05) is 26.2 Å². The lowest BCUT2D eigenvalue weighted by atomic mass is 10.3. The monoisotopic (exact) mass is 204 g/mol. The van der Waals surface area contributed by atoms with Gasteiger partial charge in [-0.15, -0.1) is 0 Å². The molecule has 0 bridgehead atoms. The number of para-hydroxylation sites is 2. The van der Waals surface area contributed by atoms with Gasteiger partial charge in [-0.3, -0.25) is 0 Å². The Hall–Kier alpha value is -1.39. The molecular formula is C11H16N4. The van der Waals surface area contributed by atoms with Gasteiger partial charge in [0.05, 0.1) is 17.4 Å². The molecule has 0 radical (unpaired) electrons. The third kappa shape index (κ3) is 2.34. The van der Waals surface area contributed by atoms with Crippen molar-refractivity contribution < 1.29 is 0 Å². The second-order valence-corrected chi connectivity index (χ2v) is 3.47. The van der Waals surface area contributed by atoms with Crippen LogP contribution in [0.25, 0.3) is 11.0 Å². The van der Waals surface area contributed by atoms with E-state index in [1.165, 1.54) is 5.52 Å². The highest BCUT2D eigenvalue weighted by Gasteiger charge is 1.99. The van der Waals surface area contributed by atoms with E-state index in [2.05, 4.69) is 20.9 Å². The third-order valence-corrected chi connectivity index (χ3v) is 2.38. The summed E-state index contributed by atoms with van der Waals surface area (Å²) in [4.78, 5) is 4.33. The van der Waals surface area contributed by atoms with Crippen LogP contribution in [-0.2, 0) is 6.54 Å². The van der Waals surface area contributed by atoms with Gasteiger partial charge in [-0.05, 0) is 12.1 Å². The van der Waals surface area contributed by atoms with Gasteiger partial charge in [-0.1, -0.05) is 12.1 Å². The fraction of sp³-hybridized carbons (Fsp3) is 0.364. The average Bonchev–Trinajstić information content (AvgIpc) is 2.68. The zero-order valence-electron chi connectivity index (χ0n) is 8.69. The van der Waals surface area contributed by atoms with Gasteiger partial charge >= 0.3 is 0 Å². The number of benzene rings is 1. The Balaban J connectivity index is 2.02. The van der Waals surface area contributed by atoms with E-state index >= 15 is 0 Å². The molecule has 1 aromatic heterocycles. The number of aromatic nitrogens is 2. The number of nitrogens with two attached hydrogens (primary N) is 1. The van der Waals surface area contributed by atoms with E-state index in [0.717, 1.165) is 25.2 Å². The second-order valence-electron chi connectivity index (χ2n) is 3.47. The summed E-state index contributed by atoms with van der Waals surface area (Å²) in [5.41, 5.74) is 7.64. The van der Waals surface area contributed by atoms with Crippen molar-refractivity contribution in [2.45, 2.75) is 6.54 Å². The molecule has 0 aliphatic carbocycles. The van der Waals surface area contributed by atoms with Crippen LogP contribution in [0.2, 0.25) is 0 Å². The summed E-state index contributed by atoms with van der Waals surface area (Å²) in [5, 5.41) is 3.26. The summed E-state index contributed by atoms with van der Waals surface area (Å²) in [7, 11) is 0. The zero-order valence-corrected chi connectivity index (χ0v) is 8.69. The molecule has 0 aliphatic heterocycles. The van der Waals surface area contributed by atoms with Crippen molar-refractivity contribution in [3.8, 4) is 0 Å². The quantitative estimate of drug-likeness (QED) is 0.701. The van der Waals surface area contributed by atoms with E-state index in [4.69, 9.17) is 5.73 Å². The SMILES string of the molecule is NCCNCCn1cnc2ccccc21. The van der Waals surface area contributed by atoms with E-state index in [1.807, 2.05) is 24.5 Å². The van der Waals surface area contributed by atoms with Crippen LogP contribution in [0.1, 0.15) is 0 Å². The van der Waals surface area contributed by atoms with Crippen molar-refractivity contribution in [3.63, 3.8) is 0 Å². The molecule has 4 heteroatoms. The number of nitrogens with one attached hydrogen (secondary N) is 1. The Morgan fingerprint density at radius 3 is 3.00 bits per heavy atom. The molecule has 0 aliphatic rings. The van der Waals surface area contributed by atoms with Gasteiger partial charge in [0.15, 0.2) is 0 Å². The lowest BCUT2D eigenvalue weighted by molar-refractivity contribution is 0.611. The standard InChI is InChI=1S/C11H16N4/c12-5-6-13-7-8-15-9-14-10-3-1-2-4-11(10)15/h1-4,9,13H,5-8,12H2. The minimum atomic E-state index is 0.685. The van der Waals surface area contributed by atoms with Crippen molar-refractivity contribution in [1.82, 2.24) is 14.9 Å². The zero-order chi connectivity index (χ0) is 10.5. The van der Waals surface area contributed by atoms with E-state index in [-0.39, 0.29) is 0 Å². The number of imidazole rings is 1. The number of rotatable bonds is 5. The molecule has 0 saturated heterocycles.